The van der Waals surface area contributed by atoms with Gasteiger partial charge in [-0.1, -0.05) is 86.6 Å². The van der Waals surface area contributed by atoms with Gasteiger partial charge in [0.1, 0.15) is 5.75 Å². The molecule has 1 N–H and O–H groups in total. The van der Waals surface area contributed by atoms with Crippen molar-refractivity contribution in [1.29, 1.82) is 5.26 Å². The van der Waals surface area contributed by atoms with Crippen molar-refractivity contribution in [3.8, 4) is 11.8 Å². The second-order valence-electron chi connectivity index (χ2n) is 8.34. The highest BCUT2D eigenvalue weighted by atomic mass is 16.5. The molecule has 0 atom stereocenters. The van der Waals surface area contributed by atoms with Crippen LogP contribution in [0.5, 0.6) is 5.75 Å². The molecule has 4 heteroatoms. The Kier molecular flexibility index (Phi) is 7.05. The maximum Gasteiger partial charge on any atom is 0.262 e. The Morgan fingerprint density at radius 2 is 1.65 bits per heavy atom. The van der Waals surface area contributed by atoms with E-state index in [-0.39, 0.29) is 12.5 Å². The van der Waals surface area contributed by atoms with E-state index in [1.54, 1.807) is 12.1 Å². The van der Waals surface area contributed by atoms with Crippen LogP contribution in [0.2, 0.25) is 0 Å². The Morgan fingerprint density at radius 3 is 2.41 bits per heavy atom. The highest BCUT2D eigenvalue weighted by Gasteiger charge is 2.10. The molecule has 0 aliphatic carbocycles. The summed E-state index contributed by atoms with van der Waals surface area (Å²) in [6.45, 7) is 4.10. The molecule has 0 fully saturated rings. The molecule has 0 aliphatic rings. The van der Waals surface area contributed by atoms with Crippen LogP contribution < -0.4 is 10.1 Å². The maximum absolute atomic E-state index is 12.4. The van der Waals surface area contributed by atoms with Crippen LogP contribution in [0.3, 0.4) is 0 Å². The topological polar surface area (TPSA) is 62.1 Å². The zero-order valence-corrected chi connectivity index (χ0v) is 19.3. The second-order valence-corrected chi connectivity index (χ2v) is 8.34. The summed E-state index contributed by atoms with van der Waals surface area (Å²) in [4.78, 5) is 12.4. The van der Waals surface area contributed by atoms with E-state index in [0.717, 1.165) is 33.2 Å². The van der Waals surface area contributed by atoms with Gasteiger partial charge in [0, 0.05) is 11.3 Å². The zero-order chi connectivity index (χ0) is 23.9. The van der Waals surface area contributed by atoms with Crippen molar-refractivity contribution < 1.29 is 9.53 Å². The number of benzene rings is 4. The first-order valence-electron chi connectivity index (χ1n) is 11.3. The number of rotatable bonds is 7. The fourth-order valence-electron chi connectivity index (χ4n) is 3.91. The van der Waals surface area contributed by atoms with Crippen molar-refractivity contribution in [2.24, 2.45) is 0 Å². The molecular weight excluding hydrogens is 420 g/mol. The molecule has 0 spiro atoms. The first-order chi connectivity index (χ1) is 16.5. The van der Waals surface area contributed by atoms with E-state index in [2.05, 4.69) is 25.2 Å². The summed E-state index contributed by atoms with van der Waals surface area (Å²) in [6, 6.07) is 31.5. The number of hydrogen-bond donors (Lipinski definition) is 1. The van der Waals surface area contributed by atoms with E-state index in [1.807, 2.05) is 84.9 Å². The molecule has 4 nitrogen and oxygen atoms in total. The lowest BCUT2D eigenvalue weighted by molar-refractivity contribution is -0.118. The molecule has 168 valence electrons. The number of nitriles is 1. The van der Waals surface area contributed by atoms with Crippen LogP contribution >= 0.6 is 0 Å². The quantitative estimate of drug-likeness (QED) is 0.244. The molecule has 0 heterocycles. The lowest BCUT2D eigenvalue weighted by Crippen LogP contribution is -2.21. The van der Waals surface area contributed by atoms with Crippen LogP contribution in [0.1, 0.15) is 36.5 Å². The van der Waals surface area contributed by atoms with Gasteiger partial charge in [-0.05, 0) is 52.1 Å². The van der Waals surface area contributed by atoms with Gasteiger partial charge in [0.15, 0.2) is 6.61 Å². The fourth-order valence-corrected chi connectivity index (χ4v) is 3.91. The number of carbonyl (C=O) groups excluding carboxylic acids is 1. The first kappa shape index (κ1) is 22.8. The Balaban J connectivity index is 1.43. The van der Waals surface area contributed by atoms with Gasteiger partial charge < -0.3 is 10.1 Å². The van der Waals surface area contributed by atoms with E-state index in [0.29, 0.717) is 17.2 Å². The van der Waals surface area contributed by atoms with Gasteiger partial charge in [-0.3, -0.25) is 4.79 Å². The molecule has 0 radical (unpaired) electrons. The van der Waals surface area contributed by atoms with E-state index in [9.17, 15) is 10.1 Å². The number of ether oxygens (including phenoxy) is 1. The van der Waals surface area contributed by atoms with E-state index in [1.165, 1.54) is 0 Å². The monoisotopic (exact) mass is 446 g/mol. The molecular formula is C30H26N2O2. The normalized spacial score (nSPS) is 11.3. The Hall–Kier alpha value is -4.36. The predicted molar refractivity (Wildman–Crippen MR) is 139 cm³/mol. The molecule has 0 unspecified atom stereocenters. The van der Waals surface area contributed by atoms with Crippen molar-refractivity contribution in [2.75, 3.05) is 11.9 Å². The maximum atomic E-state index is 12.4. The average Bonchev–Trinajstić information content (AvgIpc) is 2.86. The van der Waals surface area contributed by atoms with Gasteiger partial charge in [0.05, 0.1) is 11.6 Å². The van der Waals surface area contributed by atoms with Crippen molar-refractivity contribution in [3.63, 3.8) is 0 Å². The van der Waals surface area contributed by atoms with Crippen molar-refractivity contribution in [1.82, 2.24) is 0 Å². The Labute approximate surface area is 200 Å². The third-order valence-electron chi connectivity index (χ3n) is 5.62. The summed E-state index contributed by atoms with van der Waals surface area (Å²) in [5, 5.41) is 14.9. The number of nitrogens with one attached hydrogen (secondary N) is 1. The van der Waals surface area contributed by atoms with Gasteiger partial charge in [-0.15, -0.1) is 0 Å². The Morgan fingerprint density at radius 1 is 0.941 bits per heavy atom. The van der Waals surface area contributed by atoms with Crippen molar-refractivity contribution in [2.45, 2.75) is 19.8 Å². The number of nitrogens with zero attached hydrogens (tertiary/aromatic N) is 1. The third-order valence-corrected chi connectivity index (χ3v) is 5.62. The van der Waals surface area contributed by atoms with E-state index in [4.69, 9.17) is 4.74 Å². The second kappa shape index (κ2) is 10.5. The average molecular weight is 447 g/mol. The molecule has 0 aromatic heterocycles. The molecule has 0 aliphatic heterocycles. The minimum atomic E-state index is -0.209. The Bertz CT molecular complexity index is 1370. The van der Waals surface area contributed by atoms with Gasteiger partial charge >= 0.3 is 0 Å². The summed E-state index contributed by atoms with van der Waals surface area (Å²) < 4.78 is 5.67. The summed E-state index contributed by atoms with van der Waals surface area (Å²) in [7, 11) is 0. The van der Waals surface area contributed by atoms with Gasteiger partial charge in [-0.2, -0.15) is 5.26 Å². The standard InChI is InChI=1S/C30H26N2O2/c1-21(2)26-10-5-6-13-29(26)32-30(33)20-34-25-16-14-22(15-17-25)18-24(19-31)28-12-7-9-23-8-3-4-11-27(23)28/h3-18,21H,20H2,1-2H3,(H,32,33)/b24-18-. The smallest absolute Gasteiger partial charge is 0.262 e. The minimum absolute atomic E-state index is 0.0823. The summed E-state index contributed by atoms with van der Waals surface area (Å²) >= 11 is 0. The summed E-state index contributed by atoms with van der Waals surface area (Å²) in [5.74, 6) is 0.693. The SMILES string of the molecule is CC(C)c1ccccc1NC(=O)COc1ccc(/C=C(/C#N)c2cccc3ccccc23)cc1. The highest BCUT2D eigenvalue weighted by molar-refractivity contribution is 6.01. The van der Waals surface area contributed by atoms with E-state index >= 15 is 0 Å². The molecule has 34 heavy (non-hydrogen) atoms. The molecule has 0 bridgehead atoms. The number of allylic oxidation sites excluding steroid dienone is 1. The highest BCUT2D eigenvalue weighted by Crippen LogP contribution is 2.27. The lowest BCUT2D eigenvalue weighted by atomic mass is 9.97. The molecule has 4 rings (SSSR count). The number of para-hydroxylation sites is 1. The fraction of sp³-hybridized carbons (Fsp3) is 0.133. The van der Waals surface area contributed by atoms with Gasteiger partial charge in [0.2, 0.25) is 0 Å². The van der Waals surface area contributed by atoms with Crippen LogP contribution in [0.25, 0.3) is 22.4 Å². The zero-order valence-electron chi connectivity index (χ0n) is 19.3. The predicted octanol–water partition coefficient (Wildman–Crippen LogP) is 7.04. The largest absolute Gasteiger partial charge is 0.484 e. The van der Waals surface area contributed by atoms with Crippen LogP contribution in [-0.4, -0.2) is 12.5 Å². The van der Waals surface area contributed by atoms with Crippen LogP contribution in [-0.2, 0) is 4.79 Å². The molecule has 4 aromatic rings. The van der Waals surface area contributed by atoms with Gasteiger partial charge in [0.25, 0.3) is 5.91 Å². The minimum Gasteiger partial charge on any atom is -0.484 e. The van der Waals surface area contributed by atoms with Crippen LogP contribution in [0.15, 0.2) is 91.0 Å². The van der Waals surface area contributed by atoms with Crippen molar-refractivity contribution in [3.05, 3.63) is 108 Å². The molecule has 1 amide bonds. The third kappa shape index (κ3) is 5.33. The van der Waals surface area contributed by atoms with Gasteiger partial charge in [-0.25, -0.2) is 0 Å². The first-order valence-corrected chi connectivity index (χ1v) is 11.3. The van der Waals surface area contributed by atoms with Crippen LogP contribution in [0.4, 0.5) is 5.69 Å². The lowest BCUT2D eigenvalue weighted by Gasteiger charge is -2.14. The van der Waals surface area contributed by atoms with E-state index < -0.39 is 0 Å². The number of fused-ring (bicyclic) bond motifs is 1. The molecule has 0 saturated heterocycles. The molecule has 0 saturated carbocycles. The number of hydrogen-bond acceptors (Lipinski definition) is 3. The van der Waals surface area contributed by atoms with Crippen LogP contribution in [0, 0.1) is 11.3 Å². The number of anilines is 1. The van der Waals surface area contributed by atoms with Crippen molar-refractivity contribution >= 4 is 34.0 Å². The summed E-state index contributed by atoms with van der Waals surface area (Å²) in [6.07, 6.45) is 1.86. The summed E-state index contributed by atoms with van der Waals surface area (Å²) in [5.41, 5.74) is 4.27. The number of carbonyl (C=O) groups is 1. The number of amides is 1. The molecule has 4 aromatic carbocycles.